The number of nitrogens with zero attached hydrogens (tertiary/aromatic N) is 2. The van der Waals surface area contributed by atoms with E-state index in [9.17, 15) is 0 Å². The Bertz CT molecular complexity index is 369. The Hall–Kier alpha value is -1.38. The second-order valence-corrected chi connectivity index (χ2v) is 3.71. The largest absolute Gasteiger partial charge is 0.383 e. The van der Waals surface area contributed by atoms with Crippen LogP contribution in [-0.4, -0.2) is 17.2 Å². The van der Waals surface area contributed by atoms with E-state index in [-0.39, 0.29) is 0 Å². The molecule has 0 bridgehead atoms. The van der Waals surface area contributed by atoms with Crippen molar-refractivity contribution in [3.63, 3.8) is 0 Å². The van der Waals surface area contributed by atoms with Gasteiger partial charge in [-0.2, -0.15) is 0 Å². The van der Waals surface area contributed by atoms with Crippen molar-refractivity contribution in [2.24, 2.45) is 4.99 Å². The maximum atomic E-state index is 5.67. The summed E-state index contributed by atoms with van der Waals surface area (Å²) in [7, 11) is 0. The van der Waals surface area contributed by atoms with Gasteiger partial charge in [0.15, 0.2) is 0 Å². The molecule has 2 N–H and O–H groups in total. The lowest BCUT2D eigenvalue weighted by Crippen LogP contribution is -2.09. The van der Waals surface area contributed by atoms with Gasteiger partial charge in [-0.05, 0) is 37.8 Å². The van der Waals surface area contributed by atoms with Crippen molar-refractivity contribution in [1.29, 1.82) is 0 Å². The summed E-state index contributed by atoms with van der Waals surface area (Å²) < 4.78 is 0. The normalized spacial score (nSPS) is 16.5. The molecule has 0 amide bonds. The van der Waals surface area contributed by atoms with E-state index in [2.05, 4.69) is 16.0 Å². The quantitative estimate of drug-likeness (QED) is 0.734. The Morgan fingerprint density at radius 2 is 2.21 bits per heavy atom. The van der Waals surface area contributed by atoms with Gasteiger partial charge in [0.05, 0.1) is 0 Å². The predicted octanol–water partition coefficient (Wildman–Crippen LogP) is 1.95. The van der Waals surface area contributed by atoms with E-state index in [1.165, 1.54) is 18.6 Å². The maximum Gasteiger partial charge on any atom is 0.126 e. The fourth-order valence-electron chi connectivity index (χ4n) is 1.68. The standard InChI is InChI=1S/C11H15N3/c1-8-6-9(7-14-11(8)12)10-4-2-3-5-13-10/h6-7H,2-5H2,1H3,(H2,12,14). The molecule has 2 rings (SSSR count). The van der Waals surface area contributed by atoms with Gasteiger partial charge in [-0.25, -0.2) is 4.98 Å². The number of nitrogens with two attached hydrogens (primary N) is 1. The summed E-state index contributed by atoms with van der Waals surface area (Å²) in [5, 5.41) is 0. The van der Waals surface area contributed by atoms with Crippen LogP contribution in [0.15, 0.2) is 17.3 Å². The molecule has 0 aliphatic carbocycles. The zero-order valence-electron chi connectivity index (χ0n) is 8.45. The van der Waals surface area contributed by atoms with Crippen LogP contribution in [0.3, 0.4) is 0 Å². The summed E-state index contributed by atoms with van der Waals surface area (Å²) >= 11 is 0. The van der Waals surface area contributed by atoms with Gasteiger partial charge < -0.3 is 5.73 Å². The first-order chi connectivity index (χ1) is 6.77. The van der Waals surface area contributed by atoms with Gasteiger partial charge >= 0.3 is 0 Å². The molecular formula is C11H15N3. The van der Waals surface area contributed by atoms with Crippen molar-refractivity contribution < 1.29 is 0 Å². The molecule has 0 atom stereocenters. The van der Waals surface area contributed by atoms with Gasteiger partial charge in [-0.15, -0.1) is 0 Å². The molecule has 0 aromatic carbocycles. The fraction of sp³-hybridized carbons (Fsp3) is 0.455. The van der Waals surface area contributed by atoms with Crippen LogP contribution in [0.4, 0.5) is 5.82 Å². The molecule has 3 nitrogen and oxygen atoms in total. The van der Waals surface area contributed by atoms with Crippen LogP contribution in [0.2, 0.25) is 0 Å². The van der Waals surface area contributed by atoms with E-state index in [0.717, 1.165) is 24.1 Å². The first-order valence-corrected chi connectivity index (χ1v) is 5.03. The lowest BCUT2D eigenvalue weighted by Gasteiger charge is -2.12. The number of aliphatic imine (C=N–C) groups is 1. The van der Waals surface area contributed by atoms with Crippen molar-refractivity contribution >= 4 is 11.5 Å². The van der Waals surface area contributed by atoms with Crippen molar-refractivity contribution in [3.8, 4) is 0 Å². The maximum absolute atomic E-state index is 5.67. The summed E-state index contributed by atoms with van der Waals surface area (Å²) in [5.74, 6) is 0.616. The van der Waals surface area contributed by atoms with E-state index in [1.807, 2.05) is 13.1 Å². The Kier molecular flexibility index (Phi) is 2.48. The number of aromatic nitrogens is 1. The van der Waals surface area contributed by atoms with Crippen LogP contribution in [0, 0.1) is 6.92 Å². The molecule has 1 aromatic rings. The van der Waals surface area contributed by atoms with E-state index >= 15 is 0 Å². The van der Waals surface area contributed by atoms with E-state index in [1.54, 1.807) is 0 Å². The topological polar surface area (TPSA) is 51.3 Å². The molecular weight excluding hydrogens is 174 g/mol. The zero-order chi connectivity index (χ0) is 9.97. The van der Waals surface area contributed by atoms with Crippen LogP contribution in [0.1, 0.15) is 30.4 Å². The molecule has 2 heterocycles. The lowest BCUT2D eigenvalue weighted by molar-refractivity contribution is 0.738. The average Bonchev–Trinajstić information content (AvgIpc) is 2.23. The molecule has 0 spiro atoms. The number of rotatable bonds is 1. The fourth-order valence-corrected chi connectivity index (χ4v) is 1.68. The monoisotopic (exact) mass is 189 g/mol. The highest BCUT2D eigenvalue weighted by Gasteiger charge is 2.08. The van der Waals surface area contributed by atoms with Crippen LogP contribution < -0.4 is 5.73 Å². The van der Waals surface area contributed by atoms with Gasteiger partial charge in [0.1, 0.15) is 5.82 Å². The number of aryl methyl sites for hydroxylation is 1. The Morgan fingerprint density at radius 3 is 2.86 bits per heavy atom. The molecule has 0 radical (unpaired) electrons. The Balaban J connectivity index is 2.32. The highest BCUT2D eigenvalue weighted by molar-refractivity contribution is 6.00. The molecule has 0 unspecified atom stereocenters. The zero-order valence-corrected chi connectivity index (χ0v) is 8.45. The molecule has 14 heavy (non-hydrogen) atoms. The molecule has 0 saturated heterocycles. The molecule has 1 aromatic heterocycles. The summed E-state index contributed by atoms with van der Waals surface area (Å²) in [6.07, 6.45) is 5.35. The summed E-state index contributed by atoms with van der Waals surface area (Å²) in [4.78, 5) is 8.66. The Morgan fingerprint density at radius 1 is 1.36 bits per heavy atom. The van der Waals surface area contributed by atoms with Crippen LogP contribution in [0.25, 0.3) is 0 Å². The van der Waals surface area contributed by atoms with Crippen molar-refractivity contribution in [2.75, 3.05) is 12.3 Å². The predicted molar refractivity (Wildman–Crippen MR) is 58.6 cm³/mol. The molecule has 0 fully saturated rings. The second kappa shape index (κ2) is 3.78. The number of nitrogen functional groups attached to an aromatic ring is 1. The molecule has 1 aliphatic heterocycles. The minimum atomic E-state index is 0.616. The van der Waals surface area contributed by atoms with Gasteiger partial charge in [0.25, 0.3) is 0 Å². The van der Waals surface area contributed by atoms with Crippen molar-refractivity contribution in [3.05, 3.63) is 23.4 Å². The number of pyridine rings is 1. The van der Waals surface area contributed by atoms with Crippen LogP contribution >= 0.6 is 0 Å². The Labute approximate surface area is 84.1 Å². The third kappa shape index (κ3) is 1.76. The molecule has 1 aliphatic rings. The summed E-state index contributed by atoms with van der Waals surface area (Å²) in [6.45, 7) is 2.94. The first kappa shape index (κ1) is 9.19. The third-order valence-corrected chi connectivity index (χ3v) is 2.58. The van der Waals surface area contributed by atoms with Gasteiger partial charge in [0.2, 0.25) is 0 Å². The first-order valence-electron chi connectivity index (χ1n) is 5.03. The molecule has 0 saturated carbocycles. The SMILES string of the molecule is Cc1cc(C2=NCCCC2)cnc1N. The van der Waals surface area contributed by atoms with Crippen molar-refractivity contribution in [1.82, 2.24) is 4.98 Å². The highest BCUT2D eigenvalue weighted by Crippen LogP contribution is 2.15. The van der Waals surface area contributed by atoms with Crippen LogP contribution in [0.5, 0.6) is 0 Å². The number of anilines is 1. The minimum absolute atomic E-state index is 0.616. The minimum Gasteiger partial charge on any atom is -0.383 e. The average molecular weight is 189 g/mol. The molecule has 3 heteroatoms. The summed E-state index contributed by atoms with van der Waals surface area (Å²) in [5.41, 5.74) is 9.03. The van der Waals surface area contributed by atoms with E-state index in [0.29, 0.717) is 5.82 Å². The van der Waals surface area contributed by atoms with E-state index in [4.69, 9.17) is 5.73 Å². The smallest absolute Gasteiger partial charge is 0.126 e. The van der Waals surface area contributed by atoms with Gasteiger partial charge in [-0.3, -0.25) is 4.99 Å². The number of hydrogen-bond acceptors (Lipinski definition) is 3. The number of hydrogen-bond donors (Lipinski definition) is 1. The molecule has 74 valence electrons. The van der Waals surface area contributed by atoms with Gasteiger partial charge in [0, 0.05) is 24.0 Å². The lowest BCUT2D eigenvalue weighted by atomic mass is 10.0. The van der Waals surface area contributed by atoms with E-state index < -0.39 is 0 Å². The van der Waals surface area contributed by atoms with Crippen molar-refractivity contribution in [2.45, 2.75) is 26.2 Å². The third-order valence-electron chi connectivity index (χ3n) is 2.58. The van der Waals surface area contributed by atoms with Gasteiger partial charge in [-0.1, -0.05) is 0 Å². The summed E-state index contributed by atoms with van der Waals surface area (Å²) in [6, 6.07) is 2.08. The van der Waals surface area contributed by atoms with Crippen LogP contribution in [-0.2, 0) is 0 Å². The highest BCUT2D eigenvalue weighted by atomic mass is 14.8. The second-order valence-electron chi connectivity index (χ2n) is 3.71.